The van der Waals surface area contributed by atoms with Crippen LogP contribution in [0, 0.1) is 0 Å². The van der Waals surface area contributed by atoms with Crippen LogP contribution >= 0.6 is 0 Å². The molecule has 0 aliphatic heterocycles. The summed E-state index contributed by atoms with van der Waals surface area (Å²) in [5.41, 5.74) is 1.23. The SMILES string of the molecule is C[C@@H](NCC(=O)NC(=O)NC1CC1)[C@@H](C)c1ccccc1. The molecule has 2 atom stereocenters. The van der Waals surface area contributed by atoms with E-state index in [-0.39, 0.29) is 24.5 Å². The quantitative estimate of drug-likeness (QED) is 0.747. The lowest BCUT2D eigenvalue weighted by Crippen LogP contribution is -2.46. The van der Waals surface area contributed by atoms with Crippen LogP contribution in [0.3, 0.4) is 0 Å². The minimum atomic E-state index is -0.395. The molecule has 0 spiro atoms. The van der Waals surface area contributed by atoms with E-state index in [0.717, 1.165) is 12.8 Å². The van der Waals surface area contributed by atoms with Gasteiger partial charge < -0.3 is 10.6 Å². The third-order valence-electron chi connectivity index (χ3n) is 3.83. The second-order valence-electron chi connectivity index (χ2n) is 5.66. The van der Waals surface area contributed by atoms with E-state index in [2.05, 4.69) is 35.0 Å². The molecule has 0 aromatic heterocycles. The lowest BCUT2D eigenvalue weighted by Gasteiger charge is -2.21. The van der Waals surface area contributed by atoms with Crippen LogP contribution in [0.2, 0.25) is 0 Å². The molecule has 1 fully saturated rings. The van der Waals surface area contributed by atoms with Crippen LogP contribution in [-0.4, -0.2) is 30.6 Å². The lowest BCUT2D eigenvalue weighted by atomic mass is 9.94. The van der Waals surface area contributed by atoms with Gasteiger partial charge in [-0.1, -0.05) is 37.3 Å². The number of rotatable bonds is 6. The van der Waals surface area contributed by atoms with Crippen LogP contribution in [0.5, 0.6) is 0 Å². The number of hydrogen-bond acceptors (Lipinski definition) is 3. The van der Waals surface area contributed by atoms with Crippen LogP contribution < -0.4 is 16.0 Å². The van der Waals surface area contributed by atoms with E-state index in [1.54, 1.807) is 0 Å². The zero-order valence-corrected chi connectivity index (χ0v) is 12.6. The molecule has 0 heterocycles. The van der Waals surface area contributed by atoms with Gasteiger partial charge in [0.1, 0.15) is 0 Å². The van der Waals surface area contributed by atoms with Crippen LogP contribution in [0.15, 0.2) is 30.3 Å². The number of carbonyl (C=O) groups is 2. The molecule has 1 aliphatic rings. The van der Waals surface area contributed by atoms with Crippen molar-refractivity contribution in [3.05, 3.63) is 35.9 Å². The first-order valence-corrected chi connectivity index (χ1v) is 7.45. The number of benzene rings is 1. The molecule has 5 nitrogen and oxygen atoms in total. The van der Waals surface area contributed by atoms with Gasteiger partial charge in [0.2, 0.25) is 5.91 Å². The van der Waals surface area contributed by atoms with Crippen molar-refractivity contribution in [2.24, 2.45) is 0 Å². The highest BCUT2D eigenvalue weighted by molar-refractivity contribution is 5.95. The summed E-state index contributed by atoms with van der Waals surface area (Å²) in [6, 6.07) is 10.2. The Bertz CT molecular complexity index is 486. The summed E-state index contributed by atoms with van der Waals surface area (Å²) >= 11 is 0. The van der Waals surface area contributed by atoms with E-state index < -0.39 is 6.03 Å². The standard InChI is InChI=1S/C16H23N3O2/c1-11(13-6-4-3-5-7-13)12(2)17-10-15(20)19-16(21)18-14-8-9-14/h3-7,11-12,14,17H,8-10H2,1-2H3,(H2,18,19,20,21)/t11-,12-/m1/s1. The van der Waals surface area contributed by atoms with E-state index in [1.165, 1.54) is 5.56 Å². The van der Waals surface area contributed by atoms with Gasteiger partial charge in [-0.05, 0) is 31.2 Å². The third kappa shape index (κ3) is 5.19. The second-order valence-corrected chi connectivity index (χ2v) is 5.66. The summed E-state index contributed by atoms with van der Waals surface area (Å²) in [4.78, 5) is 23.1. The first kappa shape index (κ1) is 15.5. The average molecular weight is 289 g/mol. The van der Waals surface area contributed by atoms with Crippen molar-refractivity contribution >= 4 is 11.9 Å². The van der Waals surface area contributed by atoms with Crippen molar-refractivity contribution in [2.45, 2.75) is 44.7 Å². The first-order chi connectivity index (χ1) is 10.1. The molecule has 0 bridgehead atoms. The van der Waals surface area contributed by atoms with Gasteiger partial charge >= 0.3 is 6.03 Å². The van der Waals surface area contributed by atoms with Crippen molar-refractivity contribution in [1.29, 1.82) is 0 Å². The molecule has 5 heteroatoms. The van der Waals surface area contributed by atoms with Crippen molar-refractivity contribution in [2.75, 3.05) is 6.54 Å². The Hall–Kier alpha value is -1.88. The molecule has 3 N–H and O–H groups in total. The van der Waals surface area contributed by atoms with E-state index in [1.807, 2.05) is 25.1 Å². The molecule has 3 amide bonds. The molecule has 1 saturated carbocycles. The molecule has 1 aliphatic carbocycles. The number of hydrogen-bond donors (Lipinski definition) is 3. The monoisotopic (exact) mass is 289 g/mol. The number of imide groups is 1. The van der Waals surface area contributed by atoms with Gasteiger partial charge in [0, 0.05) is 12.1 Å². The zero-order valence-electron chi connectivity index (χ0n) is 12.6. The van der Waals surface area contributed by atoms with Crippen LogP contribution in [0.1, 0.15) is 38.2 Å². The van der Waals surface area contributed by atoms with Crippen molar-refractivity contribution in [1.82, 2.24) is 16.0 Å². The van der Waals surface area contributed by atoms with E-state index in [4.69, 9.17) is 0 Å². The minimum Gasteiger partial charge on any atom is -0.335 e. The predicted octanol–water partition coefficient (Wildman–Crippen LogP) is 1.76. The molecular weight excluding hydrogens is 266 g/mol. The summed E-state index contributed by atoms with van der Waals surface area (Å²) in [5.74, 6) is -0.0143. The third-order valence-corrected chi connectivity index (χ3v) is 3.83. The van der Waals surface area contributed by atoms with Crippen LogP contribution in [0.25, 0.3) is 0 Å². The highest BCUT2D eigenvalue weighted by atomic mass is 16.2. The van der Waals surface area contributed by atoms with Gasteiger partial charge in [-0.25, -0.2) is 4.79 Å². The van der Waals surface area contributed by atoms with Crippen LogP contribution in [-0.2, 0) is 4.79 Å². The number of nitrogens with one attached hydrogen (secondary N) is 3. The summed E-state index contributed by atoms with van der Waals surface area (Å²) in [6.07, 6.45) is 2.01. The summed E-state index contributed by atoms with van der Waals surface area (Å²) in [7, 11) is 0. The summed E-state index contributed by atoms with van der Waals surface area (Å²) < 4.78 is 0. The highest BCUT2D eigenvalue weighted by Gasteiger charge is 2.24. The van der Waals surface area contributed by atoms with Crippen molar-refractivity contribution in [3.8, 4) is 0 Å². The van der Waals surface area contributed by atoms with Crippen molar-refractivity contribution in [3.63, 3.8) is 0 Å². The normalized spacial score (nSPS) is 16.9. The maximum absolute atomic E-state index is 11.7. The molecule has 114 valence electrons. The largest absolute Gasteiger partial charge is 0.335 e. The van der Waals surface area contributed by atoms with Crippen molar-refractivity contribution < 1.29 is 9.59 Å². The van der Waals surface area contributed by atoms with E-state index >= 15 is 0 Å². The van der Waals surface area contributed by atoms with Gasteiger partial charge in [0.15, 0.2) is 0 Å². The van der Waals surface area contributed by atoms with Gasteiger partial charge in [0.05, 0.1) is 6.54 Å². The molecule has 0 saturated heterocycles. The molecule has 0 radical (unpaired) electrons. The Morgan fingerprint density at radius 1 is 1.19 bits per heavy atom. The Labute approximate surface area is 125 Å². The Balaban J connectivity index is 1.71. The Kier molecular flexibility index (Phi) is 5.33. The molecule has 1 aromatic rings. The maximum Gasteiger partial charge on any atom is 0.321 e. The summed E-state index contributed by atoms with van der Waals surface area (Å²) in [6.45, 7) is 4.29. The second kappa shape index (κ2) is 7.22. The van der Waals surface area contributed by atoms with Crippen LogP contribution in [0.4, 0.5) is 4.79 Å². The van der Waals surface area contributed by atoms with E-state index in [9.17, 15) is 9.59 Å². The van der Waals surface area contributed by atoms with E-state index in [0.29, 0.717) is 5.92 Å². The smallest absolute Gasteiger partial charge is 0.321 e. The molecular formula is C16H23N3O2. The first-order valence-electron chi connectivity index (χ1n) is 7.45. The molecule has 0 unspecified atom stereocenters. The minimum absolute atomic E-state index is 0.135. The van der Waals surface area contributed by atoms with Gasteiger partial charge in [-0.15, -0.1) is 0 Å². The fourth-order valence-electron chi connectivity index (χ4n) is 2.10. The lowest BCUT2D eigenvalue weighted by molar-refractivity contribution is -0.119. The van der Waals surface area contributed by atoms with Gasteiger partial charge in [-0.2, -0.15) is 0 Å². The highest BCUT2D eigenvalue weighted by Crippen LogP contribution is 2.18. The molecule has 1 aromatic carbocycles. The predicted molar refractivity (Wildman–Crippen MR) is 82.0 cm³/mol. The zero-order chi connectivity index (χ0) is 15.2. The summed E-state index contributed by atoms with van der Waals surface area (Å²) in [5, 5.41) is 8.22. The number of urea groups is 1. The van der Waals surface area contributed by atoms with Gasteiger partial charge in [-0.3, -0.25) is 10.1 Å². The molecule has 2 rings (SSSR count). The Morgan fingerprint density at radius 3 is 2.48 bits per heavy atom. The topological polar surface area (TPSA) is 70.2 Å². The molecule has 21 heavy (non-hydrogen) atoms. The van der Waals surface area contributed by atoms with Gasteiger partial charge in [0.25, 0.3) is 0 Å². The average Bonchev–Trinajstić information content (AvgIpc) is 3.28. The number of amides is 3. The Morgan fingerprint density at radius 2 is 1.86 bits per heavy atom. The fraction of sp³-hybridized carbons (Fsp3) is 0.500. The number of carbonyl (C=O) groups excluding carboxylic acids is 2. The fourth-order valence-corrected chi connectivity index (χ4v) is 2.10. The maximum atomic E-state index is 11.7.